The largest absolute Gasteiger partial charge is 0.493 e. The number of thiazole rings is 1. The fourth-order valence-electron chi connectivity index (χ4n) is 3.18. The highest BCUT2D eigenvalue weighted by Gasteiger charge is 2.17. The van der Waals surface area contributed by atoms with E-state index < -0.39 is 0 Å². The van der Waals surface area contributed by atoms with Crippen LogP contribution < -0.4 is 14.8 Å². The summed E-state index contributed by atoms with van der Waals surface area (Å²) in [5.41, 5.74) is 3.91. The molecule has 6 nitrogen and oxygen atoms in total. The average Bonchev–Trinajstić information content (AvgIpc) is 3.13. The number of nitrogens with zero attached hydrogens (tertiary/aromatic N) is 2. The average molecular weight is 426 g/mol. The second kappa shape index (κ2) is 9.73. The predicted molar refractivity (Wildman–Crippen MR) is 120 cm³/mol. The number of hydrogen-bond acceptors (Lipinski definition) is 6. The first-order chi connectivity index (χ1) is 14.4. The number of methoxy groups -OCH3 is 2. The quantitative estimate of drug-likeness (QED) is 0.588. The maximum Gasteiger partial charge on any atom is 0.263 e. The molecule has 0 unspecified atom stereocenters. The van der Waals surface area contributed by atoms with Crippen molar-refractivity contribution in [2.24, 2.45) is 0 Å². The van der Waals surface area contributed by atoms with Gasteiger partial charge in [0.05, 0.1) is 19.9 Å². The van der Waals surface area contributed by atoms with Crippen molar-refractivity contribution in [3.63, 3.8) is 0 Å². The Bertz CT molecular complexity index is 1030. The molecule has 7 heteroatoms. The van der Waals surface area contributed by atoms with Crippen LogP contribution in [-0.2, 0) is 13.1 Å². The van der Waals surface area contributed by atoms with E-state index in [0.29, 0.717) is 28.6 Å². The van der Waals surface area contributed by atoms with Crippen LogP contribution in [0.15, 0.2) is 42.5 Å². The summed E-state index contributed by atoms with van der Waals surface area (Å²) in [4.78, 5) is 20.2. The molecule has 1 N–H and O–H groups in total. The van der Waals surface area contributed by atoms with Crippen molar-refractivity contribution >= 4 is 17.2 Å². The van der Waals surface area contributed by atoms with E-state index in [-0.39, 0.29) is 5.91 Å². The van der Waals surface area contributed by atoms with Crippen LogP contribution in [0.5, 0.6) is 11.5 Å². The number of rotatable bonds is 8. The summed E-state index contributed by atoms with van der Waals surface area (Å²) >= 11 is 1.38. The van der Waals surface area contributed by atoms with E-state index in [9.17, 15) is 4.79 Å². The molecule has 0 aliphatic heterocycles. The Hall–Kier alpha value is -2.90. The highest BCUT2D eigenvalue weighted by atomic mass is 32.1. The number of carbonyl (C=O) groups is 1. The maximum absolute atomic E-state index is 12.8. The molecule has 1 amide bonds. The minimum atomic E-state index is -0.114. The second-order valence-corrected chi connectivity index (χ2v) is 8.19. The molecule has 1 heterocycles. The van der Waals surface area contributed by atoms with Gasteiger partial charge in [-0.3, -0.25) is 4.79 Å². The summed E-state index contributed by atoms with van der Waals surface area (Å²) < 4.78 is 10.7. The maximum atomic E-state index is 12.8. The molecule has 0 fully saturated rings. The number of hydrogen-bond donors (Lipinski definition) is 1. The Morgan fingerprint density at radius 2 is 1.77 bits per heavy atom. The highest BCUT2D eigenvalue weighted by Crippen LogP contribution is 2.35. The molecular weight excluding hydrogens is 398 g/mol. The predicted octanol–water partition coefficient (Wildman–Crippen LogP) is 4.13. The number of benzene rings is 2. The van der Waals surface area contributed by atoms with Gasteiger partial charge in [0.1, 0.15) is 9.88 Å². The van der Waals surface area contributed by atoms with E-state index in [1.165, 1.54) is 16.9 Å². The van der Waals surface area contributed by atoms with Crippen LogP contribution in [-0.4, -0.2) is 44.1 Å². The van der Waals surface area contributed by atoms with Crippen molar-refractivity contribution in [2.45, 2.75) is 20.0 Å². The fourth-order valence-corrected chi connectivity index (χ4v) is 4.16. The van der Waals surface area contributed by atoms with E-state index in [1.54, 1.807) is 14.2 Å². The third-order valence-corrected chi connectivity index (χ3v) is 5.88. The summed E-state index contributed by atoms with van der Waals surface area (Å²) in [6.07, 6.45) is 0. The smallest absolute Gasteiger partial charge is 0.263 e. The van der Waals surface area contributed by atoms with Gasteiger partial charge in [0.2, 0.25) is 0 Å². The number of carbonyl (C=O) groups excluding carboxylic acids is 1. The summed E-state index contributed by atoms with van der Waals surface area (Å²) in [7, 11) is 7.27. The van der Waals surface area contributed by atoms with Crippen LogP contribution in [0, 0.1) is 6.92 Å². The van der Waals surface area contributed by atoms with Crippen LogP contribution in [0.2, 0.25) is 0 Å². The molecule has 0 aliphatic rings. The number of aromatic nitrogens is 1. The van der Waals surface area contributed by atoms with Crippen LogP contribution >= 0.6 is 11.3 Å². The van der Waals surface area contributed by atoms with Gasteiger partial charge in [-0.2, -0.15) is 0 Å². The van der Waals surface area contributed by atoms with Crippen LogP contribution in [0.1, 0.15) is 26.5 Å². The normalized spacial score (nSPS) is 10.9. The van der Waals surface area contributed by atoms with E-state index in [4.69, 9.17) is 9.47 Å². The Labute approximate surface area is 181 Å². The van der Waals surface area contributed by atoms with Crippen molar-refractivity contribution in [2.75, 3.05) is 28.3 Å². The summed E-state index contributed by atoms with van der Waals surface area (Å²) in [5, 5.41) is 3.81. The fraction of sp³-hybridized carbons (Fsp3) is 0.304. The van der Waals surface area contributed by atoms with E-state index in [0.717, 1.165) is 22.7 Å². The molecular formula is C23H27N3O3S. The molecule has 158 valence electrons. The lowest BCUT2D eigenvalue weighted by molar-refractivity contribution is 0.0954. The number of ether oxygens (including phenoxy) is 2. The molecule has 3 aromatic rings. The Balaban J connectivity index is 1.77. The molecule has 3 rings (SSSR count). The lowest BCUT2D eigenvalue weighted by Crippen LogP contribution is -2.24. The van der Waals surface area contributed by atoms with Crippen LogP contribution in [0.25, 0.3) is 10.6 Å². The third kappa shape index (κ3) is 4.98. The van der Waals surface area contributed by atoms with Crippen molar-refractivity contribution in [3.8, 4) is 22.1 Å². The van der Waals surface area contributed by atoms with Crippen LogP contribution in [0.4, 0.5) is 0 Å². The molecule has 0 atom stereocenters. The number of nitrogens with one attached hydrogen (secondary N) is 1. The van der Waals surface area contributed by atoms with Gasteiger partial charge in [-0.15, -0.1) is 11.3 Å². The van der Waals surface area contributed by atoms with Gasteiger partial charge < -0.3 is 19.7 Å². The summed E-state index contributed by atoms with van der Waals surface area (Å²) in [6, 6.07) is 13.8. The zero-order chi connectivity index (χ0) is 21.7. The minimum Gasteiger partial charge on any atom is -0.493 e. The van der Waals surface area contributed by atoms with Gasteiger partial charge >= 0.3 is 0 Å². The molecule has 0 saturated carbocycles. The van der Waals surface area contributed by atoms with Crippen molar-refractivity contribution in [3.05, 3.63) is 64.2 Å². The first-order valence-electron chi connectivity index (χ1n) is 9.62. The summed E-state index contributed by atoms with van der Waals surface area (Å²) in [6.45, 7) is 3.16. The molecule has 0 spiro atoms. The van der Waals surface area contributed by atoms with Gasteiger partial charge in [-0.1, -0.05) is 24.3 Å². The van der Waals surface area contributed by atoms with E-state index in [1.807, 2.05) is 57.4 Å². The van der Waals surface area contributed by atoms with Crippen molar-refractivity contribution in [1.82, 2.24) is 15.2 Å². The zero-order valence-electron chi connectivity index (χ0n) is 18.0. The number of aryl methyl sites for hydroxylation is 1. The molecule has 0 radical (unpaired) electrons. The monoisotopic (exact) mass is 425 g/mol. The zero-order valence-corrected chi connectivity index (χ0v) is 18.8. The van der Waals surface area contributed by atoms with E-state index in [2.05, 4.69) is 21.3 Å². The third-order valence-electron chi connectivity index (χ3n) is 4.68. The van der Waals surface area contributed by atoms with Crippen molar-refractivity contribution in [1.29, 1.82) is 0 Å². The molecule has 0 saturated heterocycles. The van der Waals surface area contributed by atoms with Gasteiger partial charge in [0.25, 0.3) is 5.91 Å². The summed E-state index contributed by atoms with van der Waals surface area (Å²) in [5.74, 6) is 1.17. The molecule has 2 aromatic carbocycles. The molecule has 0 bridgehead atoms. The van der Waals surface area contributed by atoms with Crippen molar-refractivity contribution < 1.29 is 14.3 Å². The van der Waals surface area contributed by atoms with Gasteiger partial charge in [-0.25, -0.2) is 4.98 Å². The SMILES string of the molecule is COc1ccc(-c2nc(C)c(C(=O)NCc3ccccc3CN(C)C)s2)cc1OC. The lowest BCUT2D eigenvalue weighted by atomic mass is 10.1. The first-order valence-corrected chi connectivity index (χ1v) is 10.4. The van der Waals surface area contributed by atoms with Crippen LogP contribution in [0.3, 0.4) is 0 Å². The van der Waals surface area contributed by atoms with Gasteiger partial charge in [0, 0.05) is 18.7 Å². The molecule has 30 heavy (non-hydrogen) atoms. The Kier molecular flexibility index (Phi) is 7.07. The number of amides is 1. The topological polar surface area (TPSA) is 63.7 Å². The van der Waals surface area contributed by atoms with Gasteiger partial charge in [-0.05, 0) is 50.3 Å². The molecule has 1 aromatic heterocycles. The lowest BCUT2D eigenvalue weighted by Gasteiger charge is -2.14. The Morgan fingerprint density at radius 1 is 1.07 bits per heavy atom. The molecule has 0 aliphatic carbocycles. The van der Waals surface area contributed by atoms with Gasteiger partial charge in [0.15, 0.2) is 11.5 Å². The minimum absolute atomic E-state index is 0.114. The highest BCUT2D eigenvalue weighted by molar-refractivity contribution is 7.17. The van der Waals surface area contributed by atoms with E-state index >= 15 is 0 Å². The standard InChI is InChI=1S/C23H27N3O3S/c1-15-21(22(27)24-13-17-8-6-7-9-18(17)14-26(2)3)30-23(25-15)16-10-11-19(28-4)20(12-16)29-5/h6-12H,13-14H2,1-5H3,(H,24,27). The second-order valence-electron chi connectivity index (χ2n) is 7.19. The Morgan fingerprint density at radius 3 is 2.43 bits per heavy atom. The first kappa shape index (κ1) is 21.8.